The molecule has 0 atom stereocenters. The molecule has 0 saturated carbocycles. The van der Waals surface area contributed by atoms with Crippen LogP contribution in [-0.4, -0.2) is 19.1 Å². The van der Waals surface area contributed by atoms with Crippen LogP contribution in [0.3, 0.4) is 0 Å². The molecule has 0 N–H and O–H groups in total. The van der Waals surface area contributed by atoms with E-state index in [0.717, 1.165) is 26.9 Å². The second kappa shape index (κ2) is 8.27. The van der Waals surface area contributed by atoms with Crippen molar-refractivity contribution in [3.05, 3.63) is 63.6 Å². The number of hydrogen-bond donors (Lipinski definition) is 0. The molecule has 0 bridgehead atoms. The van der Waals surface area contributed by atoms with Gasteiger partial charge in [0.25, 0.3) is 0 Å². The van der Waals surface area contributed by atoms with Gasteiger partial charge in [-0.1, -0.05) is 46.3 Å². The first-order chi connectivity index (χ1) is 11.0. The van der Waals surface area contributed by atoms with E-state index in [1.54, 1.807) is 11.8 Å². The van der Waals surface area contributed by atoms with Crippen molar-refractivity contribution in [2.75, 3.05) is 18.1 Å². The lowest BCUT2D eigenvalue weighted by molar-refractivity contribution is -0.116. The highest BCUT2D eigenvalue weighted by atomic mass is 79.9. The Hall–Kier alpha value is -1.65. The van der Waals surface area contributed by atoms with Crippen molar-refractivity contribution in [1.82, 2.24) is 0 Å². The lowest BCUT2D eigenvalue weighted by Gasteiger charge is -2.22. The SMILES string of the molecule is CC(=O)N(CCOCc1ccccc1)c1cc(C)c(Br)c(C)c1. The number of nitrogens with zero attached hydrogens (tertiary/aromatic N) is 1. The van der Waals surface area contributed by atoms with Gasteiger partial charge in [-0.3, -0.25) is 4.79 Å². The largest absolute Gasteiger partial charge is 0.375 e. The van der Waals surface area contributed by atoms with Crippen LogP contribution >= 0.6 is 15.9 Å². The van der Waals surface area contributed by atoms with E-state index in [1.165, 1.54) is 0 Å². The maximum absolute atomic E-state index is 12.0. The minimum absolute atomic E-state index is 0.0226. The van der Waals surface area contributed by atoms with Crippen LogP contribution in [0, 0.1) is 13.8 Å². The van der Waals surface area contributed by atoms with Gasteiger partial charge in [0.1, 0.15) is 0 Å². The fourth-order valence-corrected chi connectivity index (χ4v) is 2.70. The Morgan fingerprint density at radius 2 is 1.74 bits per heavy atom. The van der Waals surface area contributed by atoms with Crippen molar-refractivity contribution in [3.63, 3.8) is 0 Å². The van der Waals surface area contributed by atoms with Crippen LogP contribution in [0.25, 0.3) is 0 Å². The minimum atomic E-state index is 0.0226. The highest BCUT2D eigenvalue weighted by molar-refractivity contribution is 9.10. The molecule has 1 amide bonds. The van der Waals surface area contributed by atoms with Gasteiger partial charge >= 0.3 is 0 Å². The van der Waals surface area contributed by atoms with Crippen LogP contribution in [0.5, 0.6) is 0 Å². The van der Waals surface area contributed by atoms with Gasteiger partial charge in [-0.2, -0.15) is 0 Å². The van der Waals surface area contributed by atoms with Gasteiger partial charge in [0.15, 0.2) is 0 Å². The van der Waals surface area contributed by atoms with Crippen molar-refractivity contribution in [1.29, 1.82) is 0 Å². The second-order valence-electron chi connectivity index (χ2n) is 5.60. The van der Waals surface area contributed by atoms with Gasteiger partial charge in [-0.15, -0.1) is 0 Å². The summed E-state index contributed by atoms with van der Waals surface area (Å²) in [6.07, 6.45) is 0. The third-order valence-corrected chi connectivity index (χ3v) is 4.93. The molecule has 0 fully saturated rings. The van der Waals surface area contributed by atoms with E-state index >= 15 is 0 Å². The van der Waals surface area contributed by atoms with Gasteiger partial charge in [0.05, 0.1) is 13.2 Å². The van der Waals surface area contributed by atoms with Crippen molar-refractivity contribution in [2.24, 2.45) is 0 Å². The van der Waals surface area contributed by atoms with E-state index in [2.05, 4.69) is 15.9 Å². The summed E-state index contributed by atoms with van der Waals surface area (Å²) in [5.74, 6) is 0.0226. The van der Waals surface area contributed by atoms with Gasteiger partial charge in [0, 0.05) is 23.6 Å². The third-order valence-electron chi connectivity index (χ3n) is 3.68. The number of hydrogen-bond acceptors (Lipinski definition) is 2. The van der Waals surface area contributed by atoms with Crippen LogP contribution in [0.1, 0.15) is 23.6 Å². The lowest BCUT2D eigenvalue weighted by atomic mass is 10.1. The van der Waals surface area contributed by atoms with Crippen LogP contribution in [-0.2, 0) is 16.1 Å². The van der Waals surface area contributed by atoms with E-state index < -0.39 is 0 Å². The Balaban J connectivity index is 1.98. The third kappa shape index (κ3) is 4.91. The molecule has 4 heteroatoms. The summed E-state index contributed by atoms with van der Waals surface area (Å²) in [5.41, 5.74) is 4.30. The predicted octanol–water partition coefficient (Wildman–Crippen LogP) is 4.64. The van der Waals surface area contributed by atoms with E-state index in [0.29, 0.717) is 19.8 Å². The van der Waals surface area contributed by atoms with E-state index in [4.69, 9.17) is 4.74 Å². The molecule has 122 valence electrons. The highest BCUT2D eigenvalue weighted by Crippen LogP contribution is 2.27. The molecular weight excluding hydrogens is 354 g/mol. The molecule has 0 aliphatic rings. The molecule has 3 nitrogen and oxygen atoms in total. The van der Waals surface area contributed by atoms with Gasteiger partial charge in [0.2, 0.25) is 5.91 Å². The molecule has 0 aromatic heterocycles. The zero-order valence-corrected chi connectivity index (χ0v) is 15.4. The van der Waals surface area contributed by atoms with Gasteiger partial charge in [-0.25, -0.2) is 0 Å². The molecule has 2 aromatic rings. The monoisotopic (exact) mass is 375 g/mol. The summed E-state index contributed by atoms with van der Waals surface area (Å²) < 4.78 is 6.79. The first-order valence-electron chi connectivity index (χ1n) is 7.65. The molecule has 2 aromatic carbocycles. The Bertz CT molecular complexity index is 647. The Kier molecular flexibility index (Phi) is 6.37. The Morgan fingerprint density at radius 3 is 2.30 bits per heavy atom. The van der Waals surface area contributed by atoms with Crippen LogP contribution in [0.4, 0.5) is 5.69 Å². The molecule has 0 aliphatic heterocycles. The summed E-state index contributed by atoms with van der Waals surface area (Å²) in [7, 11) is 0. The number of anilines is 1. The number of aryl methyl sites for hydroxylation is 2. The van der Waals surface area contributed by atoms with Crippen molar-refractivity contribution in [2.45, 2.75) is 27.4 Å². The van der Waals surface area contributed by atoms with Crippen LogP contribution in [0.2, 0.25) is 0 Å². The fraction of sp³-hybridized carbons (Fsp3) is 0.316. The lowest BCUT2D eigenvalue weighted by Crippen LogP contribution is -2.32. The van der Waals surface area contributed by atoms with Crippen molar-refractivity contribution in [3.8, 4) is 0 Å². The van der Waals surface area contributed by atoms with E-state index in [1.807, 2.05) is 56.3 Å². The molecule has 0 aliphatic carbocycles. The molecular formula is C19H22BrNO2. The maximum atomic E-state index is 12.0. The number of ether oxygens (including phenoxy) is 1. The smallest absolute Gasteiger partial charge is 0.223 e. The topological polar surface area (TPSA) is 29.5 Å². The number of carbonyl (C=O) groups is 1. The zero-order chi connectivity index (χ0) is 16.8. The van der Waals surface area contributed by atoms with Gasteiger partial charge < -0.3 is 9.64 Å². The summed E-state index contributed by atoms with van der Waals surface area (Å²) in [6.45, 7) is 7.26. The summed E-state index contributed by atoms with van der Waals surface area (Å²) in [5, 5.41) is 0. The summed E-state index contributed by atoms with van der Waals surface area (Å²) in [6, 6.07) is 14.1. The maximum Gasteiger partial charge on any atom is 0.223 e. The van der Waals surface area contributed by atoms with E-state index in [-0.39, 0.29) is 5.91 Å². The number of rotatable bonds is 6. The Morgan fingerprint density at radius 1 is 1.13 bits per heavy atom. The number of carbonyl (C=O) groups excluding carboxylic acids is 1. The molecule has 0 saturated heterocycles. The standard InChI is InChI=1S/C19H22BrNO2/c1-14-11-18(12-15(2)19(14)20)21(16(3)22)9-10-23-13-17-7-5-4-6-8-17/h4-8,11-12H,9-10,13H2,1-3H3. The van der Waals surface area contributed by atoms with Crippen molar-refractivity contribution >= 4 is 27.5 Å². The van der Waals surface area contributed by atoms with E-state index in [9.17, 15) is 4.79 Å². The molecule has 0 spiro atoms. The number of benzene rings is 2. The minimum Gasteiger partial charge on any atom is -0.375 e. The van der Waals surface area contributed by atoms with Crippen molar-refractivity contribution < 1.29 is 9.53 Å². The first-order valence-corrected chi connectivity index (χ1v) is 8.45. The summed E-state index contributed by atoms with van der Waals surface area (Å²) in [4.78, 5) is 13.7. The quantitative estimate of drug-likeness (QED) is 0.688. The van der Waals surface area contributed by atoms with Crippen LogP contribution < -0.4 is 4.90 Å². The molecule has 0 unspecified atom stereocenters. The Labute approximate surface area is 146 Å². The second-order valence-corrected chi connectivity index (χ2v) is 6.40. The fourth-order valence-electron chi connectivity index (χ4n) is 2.47. The molecule has 0 radical (unpaired) electrons. The molecule has 23 heavy (non-hydrogen) atoms. The molecule has 0 heterocycles. The van der Waals surface area contributed by atoms with Gasteiger partial charge in [-0.05, 0) is 42.7 Å². The molecule has 2 rings (SSSR count). The summed E-state index contributed by atoms with van der Waals surface area (Å²) >= 11 is 3.56. The predicted molar refractivity (Wildman–Crippen MR) is 97.7 cm³/mol. The number of halogens is 1. The zero-order valence-electron chi connectivity index (χ0n) is 13.8. The first kappa shape index (κ1) is 17.7. The highest BCUT2D eigenvalue weighted by Gasteiger charge is 2.13. The van der Waals surface area contributed by atoms with Crippen LogP contribution in [0.15, 0.2) is 46.9 Å². The number of amides is 1. The average Bonchev–Trinajstić information content (AvgIpc) is 2.52. The normalized spacial score (nSPS) is 10.6. The average molecular weight is 376 g/mol.